The Balaban J connectivity index is 1.99. The molecule has 0 saturated carbocycles. The van der Waals surface area contributed by atoms with Gasteiger partial charge in [-0.15, -0.1) is 0 Å². The molecule has 2 rings (SSSR count). The van der Waals surface area contributed by atoms with Crippen molar-refractivity contribution in [3.05, 3.63) is 41.5 Å². The first-order valence-electron chi connectivity index (χ1n) is 6.19. The molecule has 2 aromatic rings. The summed E-state index contributed by atoms with van der Waals surface area (Å²) in [7, 11) is 1.81. The van der Waals surface area contributed by atoms with Gasteiger partial charge in [-0.2, -0.15) is 5.10 Å². The van der Waals surface area contributed by atoms with Crippen LogP contribution >= 0.6 is 0 Å². The number of nitrogens with one attached hydrogen (secondary N) is 2. The first kappa shape index (κ1) is 14.5. The standard InChI is InChI=1S/C13H15N5O3/c1-8-9(7-16-18(8)2)6-15-13(21)17-10-4-3-5-14-11(10)12(19)20/h3-5,7H,6H2,1-2H3,(H,19,20)(H2,15,17,21). The Kier molecular flexibility index (Phi) is 4.17. The van der Waals surface area contributed by atoms with Crippen LogP contribution in [0.15, 0.2) is 24.5 Å². The fourth-order valence-electron chi connectivity index (χ4n) is 1.74. The first-order valence-corrected chi connectivity index (χ1v) is 6.19. The molecular weight excluding hydrogens is 274 g/mol. The van der Waals surface area contributed by atoms with Crippen molar-refractivity contribution in [3.63, 3.8) is 0 Å². The number of nitrogens with zero attached hydrogens (tertiary/aromatic N) is 3. The topological polar surface area (TPSA) is 109 Å². The summed E-state index contributed by atoms with van der Waals surface area (Å²) in [4.78, 5) is 26.5. The smallest absolute Gasteiger partial charge is 0.356 e. The maximum absolute atomic E-state index is 11.8. The van der Waals surface area contributed by atoms with E-state index in [4.69, 9.17) is 5.11 Å². The highest BCUT2D eigenvalue weighted by Crippen LogP contribution is 2.12. The van der Waals surface area contributed by atoms with Crippen molar-refractivity contribution in [1.82, 2.24) is 20.1 Å². The molecule has 2 heterocycles. The average molecular weight is 289 g/mol. The molecule has 0 aliphatic rings. The quantitative estimate of drug-likeness (QED) is 0.782. The number of carbonyl (C=O) groups is 2. The molecule has 2 amide bonds. The van der Waals surface area contributed by atoms with E-state index in [0.717, 1.165) is 11.3 Å². The predicted octanol–water partition coefficient (Wildman–Crippen LogP) is 1.14. The van der Waals surface area contributed by atoms with E-state index in [-0.39, 0.29) is 11.4 Å². The number of carbonyl (C=O) groups excluding carboxylic acids is 1. The number of urea groups is 1. The molecule has 110 valence electrons. The van der Waals surface area contributed by atoms with E-state index in [2.05, 4.69) is 20.7 Å². The molecular formula is C13H15N5O3. The van der Waals surface area contributed by atoms with Gasteiger partial charge < -0.3 is 15.7 Å². The highest BCUT2D eigenvalue weighted by atomic mass is 16.4. The predicted molar refractivity (Wildman–Crippen MR) is 75.0 cm³/mol. The van der Waals surface area contributed by atoms with Gasteiger partial charge in [-0.25, -0.2) is 14.6 Å². The summed E-state index contributed by atoms with van der Waals surface area (Å²) in [6, 6.07) is 2.52. The van der Waals surface area contributed by atoms with Crippen molar-refractivity contribution >= 4 is 17.7 Å². The van der Waals surface area contributed by atoms with E-state index >= 15 is 0 Å². The Morgan fingerprint density at radius 3 is 2.81 bits per heavy atom. The van der Waals surface area contributed by atoms with Crippen LogP contribution in [-0.2, 0) is 13.6 Å². The lowest BCUT2D eigenvalue weighted by Crippen LogP contribution is -2.29. The van der Waals surface area contributed by atoms with Gasteiger partial charge >= 0.3 is 12.0 Å². The second-order valence-corrected chi connectivity index (χ2v) is 4.39. The summed E-state index contributed by atoms with van der Waals surface area (Å²) in [6.45, 7) is 2.19. The highest BCUT2D eigenvalue weighted by molar-refractivity contribution is 5.98. The van der Waals surface area contributed by atoms with Gasteiger partial charge in [0.05, 0.1) is 11.9 Å². The van der Waals surface area contributed by atoms with Crippen LogP contribution in [0.3, 0.4) is 0 Å². The van der Waals surface area contributed by atoms with Gasteiger partial charge in [-0.05, 0) is 19.1 Å². The Morgan fingerprint density at radius 1 is 1.43 bits per heavy atom. The van der Waals surface area contributed by atoms with Crippen molar-refractivity contribution in [2.45, 2.75) is 13.5 Å². The van der Waals surface area contributed by atoms with Gasteiger partial charge in [0.1, 0.15) is 0 Å². The lowest BCUT2D eigenvalue weighted by Gasteiger charge is -2.09. The minimum Gasteiger partial charge on any atom is -0.476 e. The van der Waals surface area contributed by atoms with E-state index in [9.17, 15) is 9.59 Å². The molecule has 3 N–H and O–H groups in total. The first-order chi connectivity index (χ1) is 9.99. The Labute approximate surface area is 120 Å². The number of rotatable bonds is 4. The molecule has 2 aromatic heterocycles. The van der Waals surface area contributed by atoms with Gasteiger partial charge in [-0.1, -0.05) is 0 Å². The van der Waals surface area contributed by atoms with Gasteiger partial charge in [0.2, 0.25) is 0 Å². The van der Waals surface area contributed by atoms with E-state index in [1.165, 1.54) is 12.3 Å². The number of carboxylic acids is 1. The summed E-state index contributed by atoms with van der Waals surface area (Å²) in [5.74, 6) is -1.20. The number of hydrogen-bond donors (Lipinski definition) is 3. The normalized spacial score (nSPS) is 10.2. The van der Waals surface area contributed by atoms with Gasteiger partial charge in [0, 0.05) is 31.0 Å². The number of anilines is 1. The number of amides is 2. The van der Waals surface area contributed by atoms with E-state index in [1.807, 2.05) is 14.0 Å². The molecule has 0 fully saturated rings. The fraction of sp³-hybridized carbons (Fsp3) is 0.231. The van der Waals surface area contributed by atoms with Crippen LogP contribution in [0.25, 0.3) is 0 Å². The van der Waals surface area contributed by atoms with E-state index < -0.39 is 12.0 Å². The van der Waals surface area contributed by atoms with Crippen molar-refractivity contribution in [2.75, 3.05) is 5.32 Å². The monoisotopic (exact) mass is 289 g/mol. The molecule has 0 bridgehead atoms. The third-order valence-corrected chi connectivity index (χ3v) is 3.03. The zero-order valence-corrected chi connectivity index (χ0v) is 11.6. The van der Waals surface area contributed by atoms with Crippen LogP contribution in [0.1, 0.15) is 21.7 Å². The fourth-order valence-corrected chi connectivity index (χ4v) is 1.74. The number of aromatic nitrogens is 3. The van der Waals surface area contributed by atoms with Gasteiger partial charge in [-0.3, -0.25) is 4.68 Å². The number of pyridine rings is 1. The molecule has 0 saturated heterocycles. The zero-order chi connectivity index (χ0) is 15.4. The van der Waals surface area contributed by atoms with Crippen LogP contribution < -0.4 is 10.6 Å². The summed E-state index contributed by atoms with van der Waals surface area (Å²) < 4.78 is 1.71. The van der Waals surface area contributed by atoms with Gasteiger partial charge in [0.25, 0.3) is 0 Å². The summed E-state index contributed by atoms with van der Waals surface area (Å²) in [5.41, 5.74) is 1.77. The van der Waals surface area contributed by atoms with Crippen LogP contribution in [-0.4, -0.2) is 31.9 Å². The summed E-state index contributed by atoms with van der Waals surface area (Å²) in [5, 5.41) is 18.2. The van der Waals surface area contributed by atoms with Crippen LogP contribution in [0, 0.1) is 6.92 Å². The Hall–Kier alpha value is -2.90. The van der Waals surface area contributed by atoms with Crippen molar-refractivity contribution < 1.29 is 14.7 Å². The van der Waals surface area contributed by atoms with Crippen LogP contribution in [0.4, 0.5) is 10.5 Å². The van der Waals surface area contributed by atoms with E-state index in [1.54, 1.807) is 16.9 Å². The molecule has 0 unspecified atom stereocenters. The SMILES string of the molecule is Cc1c(CNC(=O)Nc2cccnc2C(=O)O)cnn1C. The average Bonchev–Trinajstić information content (AvgIpc) is 2.77. The lowest BCUT2D eigenvalue weighted by atomic mass is 10.2. The highest BCUT2D eigenvalue weighted by Gasteiger charge is 2.13. The number of carboxylic acid groups (broad SMARTS) is 1. The molecule has 21 heavy (non-hydrogen) atoms. The second kappa shape index (κ2) is 6.04. The maximum atomic E-state index is 11.8. The summed E-state index contributed by atoms with van der Waals surface area (Å²) in [6.07, 6.45) is 3.02. The van der Waals surface area contributed by atoms with Crippen molar-refractivity contribution in [3.8, 4) is 0 Å². The molecule has 0 spiro atoms. The Bertz CT molecular complexity index is 680. The molecule has 8 heteroatoms. The van der Waals surface area contributed by atoms with Crippen LogP contribution in [0.2, 0.25) is 0 Å². The third kappa shape index (κ3) is 3.35. The maximum Gasteiger partial charge on any atom is 0.356 e. The number of hydrogen-bond acceptors (Lipinski definition) is 4. The van der Waals surface area contributed by atoms with Gasteiger partial charge in [0.15, 0.2) is 5.69 Å². The van der Waals surface area contributed by atoms with Crippen LogP contribution in [0.5, 0.6) is 0 Å². The largest absolute Gasteiger partial charge is 0.476 e. The number of aromatic carboxylic acids is 1. The van der Waals surface area contributed by atoms with Crippen molar-refractivity contribution in [2.24, 2.45) is 7.05 Å². The third-order valence-electron chi connectivity index (χ3n) is 3.03. The molecule has 0 radical (unpaired) electrons. The zero-order valence-electron chi connectivity index (χ0n) is 11.6. The molecule has 0 aliphatic carbocycles. The molecule has 0 atom stereocenters. The number of aryl methyl sites for hydroxylation is 1. The minimum atomic E-state index is -1.20. The van der Waals surface area contributed by atoms with Crippen molar-refractivity contribution in [1.29, 1.82) is 0 Å². The molecule has 0 aromatic carbocycles. The minimum absolute atomic E-state index is 0.144. The molecule has 8 nitrogen and oxygen atoms in total. The summed E-state index contributed by atoms with van der Waals surface area (Å²) >= 11 is 0. The molecule has 0 aliphatic heterocycles. The Morgan fingerprint density at radius 2 is 2.19 bits per heavy atom. The lowest BCUT2D eigenvalue weighted by molar-refractivity contribution is 0.0691. The second-order valence-electron chi connectivity index (χ2n) is 4.39. The van der Waals surface area contributed by atoms with E-state index in [0.29, 0.717) is 6.54 Å².